The Bertz CT molecular complexity index is 876. The van der Waals surface area contributed by atoms with E-state index >= 15 is 0 Å². The smallest absolute Gasteiger partial charge is 0.340 e. The minimum atomic E-state index is -0.539. The molecule has 1 N–H and O–H groups in total. The fourth-order valence-electron chi connectivity index (χ4n) is 3.36. The number of nitrogens with zero attached hydrogens (tertiary/aromatic N) is 1. The van der Waals surface area contributed by atoms with Gasteiger partial charge in [0.05, 0.1) is 36.8 Å². The van der Waals surface area contributed by atoms with Gasteiger partial charge in [-0.1, -0.05) is 11.6 Å². The SMILES string of the molecule is COc1cc2oc(=O)c(CC(=O)N3CCCC3CO)c(C)c2cc1Cl. The Morgan fingerprint density at radius 3 is 2.92 bits per heavy atom. The number of fused-ring (bicyclic) bond motifs is 1. The lowest BCUT2D eigenvalue weighted by Crippen LogP contribution is -2.39. The number of aryl methyl sites for hydroxylation is 1. The van der Waals surface area contributed by atoms with Gasteiger partial charge in [0.1, 0.15) is 11.3 Å². The lowest BCUT2D eigenvalue weighted by Gasteiger charge is -2.23. The van der Waals surface area contributed by atoms with Gasteiger partial charge in [0, 0.05) is 18.0 Å². The van der Waals surface area contributed by atoms with Crippen LogP contribution < -0.4 is 10.4 Å². The molecular weight excluding hydrogens is 346 g/mol. The normalized spacial score (nSPS) is 17.3. The van der Waals surface area contributed by atoms with Crippen molar-refractivity contribution in [3.05, 3.63) is 38.7 Å². The molecule has 0 saturated carbocycles. The van der Waals surface area contributed by atoms with E-state index in [1.54, 1.807) is 24.0 Å². The third-order valence-electron chi connectivity index (χ3n) is 4.80. The summed E-state index contributed by atoms with van der Waals surface area (Å²) in [6, 6.07) is 3.08. The maximum absolute atomic E-state index is 12.6. The number of benzene rings is 1. The average molecular weight is 366 g/mol. The van der Waals surface area contributed by atoms with E-state index in [2.05, 4.69) is 0 Å². The molecule has 1 unspecified atom stereocenters. The molecule has 2 heterocycles. The molecule has 1 fully saturated rings. The number of halogens is 1. The van der Waals surface area contributed by atoms with E-state index in [0.29, 0.717) is 39.4 Å². The van der Waals surface area contributed by atoms with E-state index in [0.717, 1.165) is 12.8 Å². The number of hydrogen-bond acceptors (Lipinski definition) is 5. The molecule has 0 radical (unpaired) electrons. The highest BCUT2D eigenvalue weighted by Gasteiger charge is 2.29. The molecule has 2 aromatic rings. The van der Waals surface area contributed by atoms with Crippen LogP contribution in [0, 0.1) is 6.92 Å². The molecule has 0 spiro atoms. The van der Waals surface area contributed by atoms with Gasteiger partial charge in [-0.2, -0.15) is 0 Å². The molecule has 0 aliphatic carbocycles. The largest absolute Gasteiger partial charge is 0.495 e. The standard InChI is InChI=1S/C18H20ClNO5/c1-10-12-6-14(19)16(24-2)8-15(12)25-18(23)13(10)7-17(22)20-5-3-4-11(20)9-21/h6,8,11,21H,3-5,7,9H2,1-2H3. The first-order valence-electron chi connectivity index (χ1n) is 8.16. The molecule has 3 rings (SSSR count). The Labute approximate surface area is 149 Å². The zero-order chi connectivity index (χ0) is 18.1. The van der Waals surface area contributed by atoms with Crippen LogP contribution in [0.3, 0.4) is 0 Å². The number of rotatable bonds is 4. The number of likely N-dealkylation sites (tertiary alicyclic amines) is 1. The fourth-order valence-corrected chi connectivity index (χ4v) is 3.60. The summed E-state index contributed by atoms with van der Waals surface area (Å²) in [4.78, 5) is 26.6. The van der Waals surface area contributed by atoms with Gasteiger partial charge in [-0.3, -0.25) is 4.79 Å². The molecule has 6 nitrogen and oxygen atoms in total. The molecule has 25 heavy (non-hydrogen) atoms. The summed E-state index contributed by atoms with van der Waals surface area (Å²) >= 11 is 6.17. The number of ether oxygens (including phenoxy) is 1. The van der Waals surface area contributed by atoms with E-state index in [1.807, 2.05) is 0 Å². The lowest BCUT2D eigenvalue weighted by atomic mass is 10.0. The van der Waals surface area contributed by atoms with Gasteiger partial charge >= 0.3 is 5.63 Å². The van der Waals surface area contributed by atoms with E-state index in [1.165, 1.54) is 7.11 Å². The summed E-state index contributed by atoms with van der Waals surface area (Å²) in [6.07, 6.45) is 1.59. The minimum absolute atomic E-state index is 0.0513. The predicted octanol–water partition coefficient (Wildman–Crippen LogP) is 2.29. The van der Waals surface area contributed by atoms with Gasteiger partial charge in [-0.05, 0) is 31.4 Å². The van der Waals surface area contributed by atoms with Crippen LogP contribution in [-0.4, -0.2) is 42.2 Å². The third kappa shape index (κ3) is 3.24. The highest BCUT2D eigenvalue weighted by Crippen LogP contribution is 2.31. The van der Waals surface area contributed by atoms with Gasteiger partial charge in [0.25, 0.3) is 0 Å². The van der Waals surface area contributed by atoms with Crippen molar-refractivity contribution in [1.29, 1.82) is 0 Å². The minimum Gasteiger partial charge on any atom is -0.495 e. The Morgan fingerprint density at radius 1 is 1.48 bits per heavy atom. The number of carbonyl (C=O) groups excluding carboxylic acids is 1. The maximum atomic E-state index is 12.6. The van der Waals surface area contributed by atoms with Gasteiger partial charge in [0.2, 0.25) is 5.91 Å². The van der Waals surface area contributed by atoms with E-state index in [4.69, 9.17) is 20.8 Å². The van der Waals surface area contributed by atoms with E-state index < -0.39 is 5.63 Å². The van der Waals surface area contributed by atoms with Crippen LogP contribution >= 0.6 is 11.6 Å². The van der Waals surface area contributed by atoms with Gasteiger partial charge in [0.15, 0.2) is 0 Å². The summed E-state index contributed by atoms with van der Waals surface area (Å²) in [6.45, 7) is 2.32. The average Bonchev–Trinajstić information content (AvgIpc) is 3.07. The van der Waals surface area contributed by atoms with Crippen LogP contribution in [0.1, 0.15) is 24.0 Å². The van der Waals surface area contributed by atoms with Crippen LogP contribution in [0.5, 0.6) is 5.75 Å². The molecule has 1 aromatic carbocycles. The second kappa shape index (κ2) is 7.06. The number of carbonyl (C=O) groups is 1. The van der Waals surface area contributed by atoms with Gasteiger partial charge in [-0.15, -0.1) is 0 Å². The zero-order valence-corrected chi connectivity index (χ0v) is 14.9. The number of aliphatic hydroxyl groups is 1. The first-order valence-corrected chi connectivity index (χ1v) is 8.54. The monoisotopic (exact) mass is 365 g/mol. The van der Waals surface area contributed by atoms with Crippen molar-refractivity contribution in [2.24, 2.45) is 0 Å². The van der Waals surface area contributed by atoms with Crippen LogP contribution in [-0.2, 0) is 11.2 Å². The zero-order valence-electron chi connectivity index (χ0n) is 14.2. The second-order valence-electron chi connectivity index (χ2n) is 6.22. The predicted molar refractivity (Wildman–Crippen MR) is 94.3 cm³/mol. The molecule has 134 valence electrons. The van der Waals surface area contributed by atoms with E-state index in [9.17, 15) is 14.7 Å². The Hall–Kier alpha value is -2.05. The topological polar surface area (TPSA) is 80.0 Å². The van der Waals surface area contributed by atoms with Crippen LogP contribution in [0.2, 0.25) is 5.02 Å². The van der Waals surface area contributed by atoms with Crippen molar-refractivity contribution in [2.75, 3.05) is 20.3 Å². The van der Waals surface area contributed by atoms with Crippen LogP contribution in [0.25, 0.3) is 11.0 Å². The number of methoxy groups -OCH3 is 1. The molecule has 0 bridgehead atoms. The second-order valence-corrected chi connectivity index (χ2v) is 6.63. The Morgan fingerprint density at radius 2 is 2.24 bits per heavy atom. The van der Waals surface area contributed by atoms with Crippen molar-refractivity contribution in [3.63, 3.8) is 0 Å². The summed E-state index contributed by atoms with van der Waals surface area (Å²) < 4.78 is 10.5. The lowest BCUT2D eigenvalue weighted by molar-refractivity contribution is -0.132. The van der Waals surface area contributed by atoms with Crippen molar-refractivity contribution in [3.8, 4) is 5.75 Å². The number of amides is 1. The van der Waals surface area contributed by atoms with Gasteiger partial charge in [-0.25, -0.2) is 4.79 Å². The third-order valence-corrected chi connectivity index (χ3v) is 5.09. The van der Waals surface area contributed by atoms with Crippen molar-refractivity contribution >= 4 is 28.5 Å². The summed E-state index contributed by atoms with van der Waals surface area (Å²) in [5.41, 5.74) is 0.822. The first-order chi connectivity index (χ1) is 12.0. The van der Waals surface area contributed by atoms with Crippen molar-refractivity contribution < 1.29 is 19.1 Å². The van der Waals surface area contributed by atoms with Crippen molar-refractivity contribution in [1.82, 2.24) is 4.90 Å². The fraction of sp³-hybridized carbons (Fsp3) is 0.444. The van der Waals surface area contributed by atoms with Crippen LogP contribution in [0.4, 0.5) is 0 Å². The molecule has 1 saturated heterocycles. The number of aliphatic hydroxyl groups excluding tert-OH is 1. The summed E-state index contributed by atoms with van der Waals surface area (Å²) in [5.74, 6) is 0.245. The molecular formula is C18H20ClNO5. The maximum Gasteiger partial charge on any atom is 0.340 e. The van der Waals surface area contributed by atoms with E-state index in [-0.39, 0.29) is 25.0 Å². The quantitative estimate of drug-likeness (QED) is 0.841. The Balaban J connectivity index is 1.99. The van der Waals surface area contributed by atoms with Crippen molar-refractivity contribution in [2.45, 2.75) is 32.2 Å². The first kappa shape index (κ1) is 17.8. The Kier molecular flexibility index (Phi) is 5.01. The van der Waals surface area contributed by atoms with Crippen LogP contribution in [0.15, 0.2) is 21.3 Å². The highest BCUT2D eigenvalue weighted by molar-refractivity contribution is 6.32. The summed E-state index contributed by atoms with van der Waals surface area (Å²) in [5, 5.41) is 10.5. The number of hydrogen-bond donors (Lipinski definition) is 1. The molecule has 1 aliphatic heterocycles. The molecule has 1 aromatic heterocycles. The molecule has 1 aliphatic rings. The molecule has 7 heteroatoms. The highest BCUT2D eigenvalue weighted by atomic mass is 35.5. The molecule has 1 atom stereocenters. The summed E-state index contributed by atoms with van der Waals surface area (Å²) in [7, 11) is 1.48. The van der Waals surface area contributed by atoms with Gasteiger partial charge < -0.3 is 19.2 Å². The molecule has 1 amide bonds.